The minimum atomic E-state index is -0.377. The molecule has 1 aromatic heterocycles. The van der Waals surface area contributed by atoms with Crippen molar-refractivity contribution in [1.82, 2.24) is 20.1 Å². The van der Waals surface area contributed by atoms with Gasteiger partial charge in [-0.3, -0.25) is 9.59 Å². The van der Waals surface area contributed by atoms with E-state index in [-0.39, 0.29) is 29.5 Å². The van der Waals surface area contributed by atoms with Gasteiger partial charge in [0.15, 0.2) is 11.0 Å². The topological polar surface area (TPSA) is 88.9 Å². The third-order valence-electron chi connectivity index (χ3n) is 4.92. The first-order valence-corrected chi connectivity index (χ1v) is 12.7. The highest BCUT2D eigenvalue weighted by atomic mass is 35.5. The molecule has 0 saturated carbocycles. The second kappa shape index (κ2) is 11.9. The van der Waals surface area contributed by atoms with Crippen LogP contribution in [0.25, 0.3) is 0 Å². The number of carbonyl (C=O) groups excluding carboxylic acids is 2. The summed E-state index contributed by atoms with van der Waals surface area (Å²) in [6.45, 7) is 6.53. The predicted octanol–water partition coefficient (Wildman–Crippen LogP) is 6.12. The van der Waals surface area contributed by atoms with Crippen LogP contribution in [0.1, 0.15) is 43.0 Å². The summed E-state index contributed by atoms with van der Waals surface area (Å²) in [6, 6.07) is 11.3. The summed E-state index contributed by atoms with van der Waals surface area (Å²) in [5, 5.41) is 16.3. The third kappa shape index (κ3) is 6.66. The van der Waals surface area contributed by atoms with E-state index in [0.29, 0.717) is 43.8 Å². The van der Waals surface area contributed by atoms with Gasteiger partial charge in [-0.1, -0.05) is 66.5 Å². The number of benzene rings is 2. The molecule has 11 heteroatoms. The Morgan fingerprint density at radius 3 is 2.47 bits per heavy atom. The molecule has 2 N–H and O–H groups in total. The molecule has 0 spiro atoms. The molecular weight excluding hydrogens is 517 g/mol. The second-order valence-electron chi connectivity index (χ2n) is 7.76. The van der Waals surface area contributed by atoms with Crippen molar-refractivity contribution in [3.05, 3.63) is 68.9 Å². The lowest BCUT2D eigenvalue weighted by atomic mass is 10.0. The minimum absolute atomic E-state index is 0.0495. The fourth-order valence-electron chi connectivity index (χ4n) is 3.22. The molecule has 2 aromatic carbocycles. The van der Waals surface area contributed by atoms with Gasteiger partial charge in [0.25, 0.3) is 5.91 Å². The Hall–Kier alpha value is -2.26. The lowest BCUT2D eigenvalue weighted by Crippen LogP contribution is -2.33. The van der Waals surface area contributed by atoms with Gasteiger partial charge in [-0.2, -0.15) is 0 Å². The summed E-state index contributed by atoms with van der Waals surface area (Å²) >= 11 is 19.2. The van der Waals surface area contributed by atoms with Crippen molar-refractivity contribution in [2.24, 2.45) is 5.92 Å². The zero-order chi connectivity index (χ0) is 24.8. The molecule has 0 aliphatic heterocycles. The number of hydrogen-bond acceptors (Lipinski definition) is 5. The fourth-order valence-corrected chi connectivity index (χ4v) is 4.52. The third-order valence-corrected chi connectivity index (χ3v) is 6.86. The predicted molar refractivity (Wildman–Crippen MR) is 138 cm³/mol. The molecule has 0 saturated heterocycles. The number of rotatable bonds is 9. The van der Waals surface area contributed by atoms with Crippen LogP contribution >= 0.6 is 46.6 Å². The first-order chi connectivity index (χ1) is 16.2. The van der Waals surface area contributed by atoms with Gasteiger partial charge in [0.2, 0.25) is 5.91 Å². The maximum atomic E-state index is 12.8. The summed E-state index contributed by atoms with van der Waals surface area (Å²) in [4.78, 5) is 25.2. The quantitative estimate of drug-likeness (QED) is 0.319. The van der Waals surface area contributed by atoms with E-state index in [4.69, 9.17) is 34.8 Å². The van der Waals surface area contributed by atoms with E-state index < -0.39 is 0 Å². The number of amides is 2. The summed E-state index contributed by atoms with van der Waals surface area (Å²) in [5.74, 6) is 0.334. The van der Waals surface area contributed by atoms with Crippen molar-refractivity contribution in [1.29, 1.82) is 0 Å². The smallest absolute Gasteiger partial charge is 0.251 e. The number of aromatic nitrogens is 3. The molecular formula is C23H24Cl3N5O2S. The van der Waals surface area contributed by atoms with Crippen molar-refractivity contribution in [3.63, 3.8) is 0 Å². The van der Waals surface area contributed by atoms with Gasteiger partial charge in [0, 0.05) is 22.8 Å². The summed E-state index contributed by atoms with van der Waals surface area (Å²) in [7, 11) is 0. The van der Waals surface area contributed by atoms with Crippen molar-refractivity contribution in [3.8, 4) is 0 Å². The minimum Gasteiger partial charge on any atom is -0.342 e. The maximum absolute atomic E-state index is 12.8. The van der Waals surface area contributed by atoms with Gasteiger partial charge in [0.1, 0.15) is 0 Å². The van der Waals surface area contributed by atoms with E-state index in [1.807, 2.05) is 25.3 Å². The summed E-state index contributed by atoms with van der Waals surface area (Å²) < 4.78 is 1.90. The molecule has 180 valence electrons. The Bertz CT molecular complexity index is 1190. The molecule has 7 nitrogen and oxygen atoms in total. The van der Waals surface area contributed by atoms with Crippen LogP contribution in [0.5, 0.6) is 0 Å². The molecule has 1 heterocycles. The average molecular weight is 541 g/mol. The molecule has 0 radical (unpaired) electrons. The van der Waals surface area contributed by atoms with E-state index in [1.54, 1.807) is 42.5 Å². The number of thioether (sulfide) groups is 1. The first kappa shape index (κ1) is 26.3. The first-order valence-electron chi connectivity index (χ1n) is 10.6. The molecule has 0 aliphatic rings. The molecule has 1 atom stereocenters. The maximum Gasteiger partial charge on any atom is 0.251 e. The Kier molecular flexibility index (Phi) is 9.24. The van der Waals surface area contributed by atoms with Crippen LogP contribution in [0.15, 0.2) is 47.6 Å². The number of nitrogens with one attached hydrogen (secondary N) is 2. The lowest BCUT2D eigenvalue weighted by Gasteiger charge is -2.22. The highest BCUT2D eigenvalue weighted by Gasteiger charge is 2.26. The van der Waals surface area contributed by atoms with Crippen LogP contribution in [0.2, 0.25) is 15.1 Å². The molecule has 3 rings (SSSR count). The van der Waals surface area contributed by atoms with Crippen LogP contribution in [0.3, 0.4) is 0 Å². The largest absolute Gasteiger partial charge is 0.342 e. The van der Waals surface area contributed by atoms with Gasteiger partial charge < -0.3 is 15.2 Å². The fraction of sp³-hybridized carbons (Fsp3) is 0.304. The molecule has 1 unspecified atom stereocenters. The van der Waals surface area contributed by atoms with E-state index >= 15 is 0 Å². The number of halogens is 3. The monoisotopic (exact) mass is 539 g/mol. The van der Waals surface area contributed by atoms with Crippen LogP contribution in [0.4, 0.5) is 5.69 Å². The standard InChI is InChI=1S/C23H24Cl3N5O2S/c1-4-31-21(20(13(2)3)28-22(33)14-6-5-7-15(24)10-14)29-30-23(31)34-12-19(32)27-16-8-9-17(25)18(26)11-16/h5-11,13,20H,4,12H2,1-3H3,(H,27,32)(H,28,33). The number of nitrogens with zero attached hydrogens (tertiary/aromatic N) is 3. The molecule has 0 fully saturated rings. The van der Waals surface area contributed by atoms with E-state index in [1.165, 1.54) is 11.8 Å². The number of carbonyl (C=O) groups is 2. The van der Waals surface area contributed by atoms with E-state index in [2.05, 4.69) is 20.8 Å². The molecule has 34 heavy (non-hydrogen) atoms. The van der Waals surface area contributed by atoms with Crippen molar-refractivity contribution in [2.45, 2.75) is 38.5 Å². The van der Waals surface area contributed by atoms with Gasteiger partial charge in [-0.05, 0) is 49.2 Å². The Labute approximate surface area is 217 Å². The van der Waals surface area contributed by atoms with Crippen LogP contribution in [-0.4, -0.2) is 32.3 Å². The SMILES string of the molecule is CCn1c(SCC(=O)Nc2ccc(Cl)c(Cl)c2)nnc1C(NC(=O)c1cccc(Cl)c1)C(C)C. The molecule has 2 amide bonds. The molecule has 0 aliphatic carbocycles. The zero-order valence-corrected chi connectivity index (χ0v) is 21.9. The van der Waals surface area contributed by atoms with Crippen molar-refractivity contribution >= 4 is 64.1 Å². The lowest BCUT2D eigenvalue weighted by molar-refractivity contribution is -0.113. The Balaban J connectivity index is 1.71. The van der Waals surface area contributed by atoms with E-state index in [0.717, 1.165) is 0 Å². The number of hydrogen-bond donors (Lipinski definition) is 2. The molecule has 0 bridgehead atoms. The Morgan fingerprint density at radius 1 is 1.06 bits per heavy atom. The van der Waals surface area contributed by atoms with Crippen LogP contribution in [-0.2, 0) is 11.3 Å². The van der Waals surface area contributed by atoms with Crippen LogP contribution < -0.4 is 10.6 Å². The molecule has 3 aromatic rings. The van der Waals surface area contributed by atoms with Gasteiger partial charge in [-0.25, -0.2) is 0 Å². The summed E-state index contributed by atoms with van der Waals surface area (Å²) in [5.41, 5.74) is 1.02. The van der Waals surface area contributed by atoms with E-state index in [9.17, 15) is 9.59 Å². The highest BCUT2D eigenvalue weighted by Crippen LogP contribution is 2.27. The Morgan fingerprint density at radius 2 is 1.82 bits per heavy atom. The van der Waals surface area contributed by atoms with Gasteiger partial charge in [-0.15, -0.1) is 10.2 Å². The van der Waals surface area contributed by atoms with Crippen molar-refractivity contribution in [2.75, 3.05) is 11.1 Å². The highest BCUT2D eigenvalue weighted by molar-refractivity contribution is 7.99. The second-order valence-corrected chi connectivity index (χ2v) is 9.95. The zero-order valence-electron chi connectivity index (χ0n) is 18.8. The summed E-state index contributed by atoms with van der Waals surface area (Å²) in [6.07, 6.45) is 0. The van der Waals surface area contributed by atoms with Gasteiger partial charge >= 0.3 is 0 Å². The van der Waals surface area contributed by atoms with Crippen molar-refractivity contribution < 1.29 is 9.59 Å². The normalized spacial score (nSPS) is 12.0. The van der Waals surface area contributed by atoms with Crippen LogP contribution in [0, 0.1) is 5.92 Å². The average Bonchev–Trinajstić information content (AvgIpc) is 3.20. The number of anilines is 1. The van der Waals surface area contributed by atoms with Gasteiger partial charge in [0.05, 0.1) is 21.8 Å².